The topological polar surface area (TPSA) is 17.1 Å². The maximum atomic E-state index is 12.4. The number of hydrogen-bond acceptors (Lipinski definition) is 3. The molecule has 0 N–H and O–H groups in total. The van der Waals surface area contributed by atoms with Crippen LogP contribution in [-0.2, 0) is 5.41 Å². The van der Waals surface area contributed by atoms with Gasteiger partial charge in [-0.25, -0.2) is 0 Å². The van der Waals surface area contributed by atoms with Crippen LogP contribution >= 0.6 is 22.7 Å². The number of ketones is 1. The van der Waals surface area contributed by atoms with Gasteiger partial charge in [0.05, 0.1) is 0 Å². The highest BCUT2D eigenvalue weighted by molar-refractivity contribution is 7.19. The fraction of sp³-hybridized carbons (Fsp3) is 0.250. The molecule has 0 saturated carbocycles. The van der Waals surface area contributed by atoms with Crippen molar-refractivity contribution in [1.29, 1.82) is 0 Å². The van der Waals surface area contributed by atoms with Crippen molar-refractivity contribution in [2.24, 2.45) is 0 Å². The largest absolute Gasteiger partial charge is 0.294 e. The molecule has 0 aliphatic carbocycles. The van der Waals surface area contributed by atoms with Crippen LogP contribution in [0.15, 0.2) is 35.7 Å². The van der Waals surface area contributed by atoms with Crippen molar-refractivity contribution in [3.05, 3.63) is 46.2 Å². The van der Waals surface area contributed by atoms with Crippen LogP contribution in [-0.4, -0.2) is 5.78 Å². The molecule has 2 aromatic heterocycles. The maximum Gasteiger partial charge on any atom is 0.161 e. The number of carbonyl (C=O) groups is 1. The SMILES string of the molecule is CC(=O)c1c2cc3ccsc3cc2cc2cc(C(C)(C)C)sc12. The number of thiophene rings is 2. The molecule has 0 saturated heterocycles. The minimum atomic E-state index is 0.101. The lowest BCUT2D eigenvalue weighted by molar-refractivity contribution is 0.102. The summed E-state index contributed by atoms with van der Waals surface area (Å²) in [7, 11) is 0. The molecular weight excluding hydrogens is 320 g/mol. The van der Waals surface area contributed by atoms with Crippen molar-refractivity contribution in [2.75, 3.05) is 0 Å². The molecule has 116 valence electrons. The second-order valence-corrected chi connectivity index (χ2v) is 9.12. The number of rotatable bonds is 1. The van der Waals surface area contributed by atoms with Gasteiger partial charge in [0, 0.05) is 19.8 Å². The van der Waals surface area contributed by atoms with Crippen molar-refractivity contribution >= 4 is 59.4 Å². The first-order chi connectivity index (χ1) is 10.8. The average molecular weight is 338 g/mol. The third-order valence-corrected chi connectivity index (χ3v) is 6.76. The van der Waals surface area contributed by atoms with Gasteiger partial charge in [0.1, 0.15) is 0 Å². The Kier molecular flexibility index (Phi) is 3.16. The Labute approximate surface area is 143 Å². The predicted molar refractivity (Wildman–Crippen MR) is 103 cm³/mol. The lowest BCUT2D eigenvalue weighted by Crippen LogP contribution is -2.07. The fourth-order valence-electron chi connectivity index (χ4n) is 3.08. The first-order valence-corrected chi connectivity index (χ1v) is 9.43. The van der Waals surface area contributed by atoms with Crippen LogP contribution in [0.5, 0.6) is 0 Å². The summed E-state index contributed by atoms with van der Waals surface area (Å²) in [6.45, 7) is 8.35. The highest BCUT2D eigenvalue weighted by atomic mass is 32.1. The molecule has 4 rings (SSSR count). The lowest BCUT2D eigenvalue weighted by atomic mass is 9.93. The second kappa shape index (κ2) is 4.89. The smallest absolute Gasteiger partial charge is 0.161 e. The minimum Gasteiger partial charge on any atom is -0.294 e. The molecule has 0 amide bonds. The number of Topliss-reactive ketones (excluding diaryl/α,β-unsaturated/α-hetero) is 1. The maximum absolute atomic E-state index is 12.4. The van der Waals surface area contributed by atoms with E-state index < -0.39 is 0 Å². The molecule has 1 nitrogen and oxygen atoms in total. The van der Waals surface area contributed by atoms with Crippen LogP contribution in [0.25, 0.3) is 30.9 Å². The molecular formula is C20H18OS2. The second-order valence-electron chi connectivity index (χ2n) is 7.12. The van der Waals surface area contributed by atoms with Crippen molar-refractivity contribution in [3.8, 4) is 0 Å². The van der Waals surface area contributed by atoms with Crippen molar-refractivity contribution in [2.45, 2.75) is 33.1 Å². The van der Waals surface area contributed by atoms with Gasteiger partial charge in [-0.05, 0) is 69.6 Å². The normalized spacial score (nSPS) is 12.5. The summed E-state index contributed by atoms with van der Waals surface area (Å²) in [5.41, 5.74) is 0.982. The Morgan fingerprint density at radius 2 is 1.78 bits per heavy atom. The first-order valence-electron chi connectivity index (χ1n) is 7.73. The Bertz CT molecular complexity index is 1070. The Morgan fingerprint density at radius 3 is 2.48 bits per heavy atom. The Morgan fingerprint density at radius 1 is 1.00 bits per heavy atom. The van der Waals surface area contributed by atoms with Gasteiger partial charge in [0.15, 0.2) is 5.78 Å². The molecule has 0 aliphatic rings. The molecule has 0 bridgehead atoms. The van der Waals surface area contributed by atoms with Gasteiger partial charge in [0.2, 0.25) is 0 Å². The molecule has 23 heavy (non-hydrogen) atoms. The molecule has 3 heteroatoms. The van der Waals surface area contributed by atoms with Crippen LogP contribution in [0.2, 0.25) is 0 Å². The molecule has 2 aromatic carbocycles. The number of carbonyl (C=O) groups excluding carboxylic acids is 1. The van der Waals surface area contributed by atoms with Gasteiger partial charge >= 0.3 is 0 Å². The zero-order valence-electron chi connectivity index (χ0n) is 13.7. The molecule has 0 spiro atoms. The summed E-state index contributed by atoms with van der Waals surface area (Å²) in [5.74, 6) is 0.150. The molecule has 4 aromatic rings. The zero-order valence-corrected chi connectivity index (χ0v) is 15.3. The van der Waals surface area contributed by atoms with E-state index in [0.717, 1.165) is 21.0 Å². The molecule has 0 atom stereocenters. The van der Waals surface area contributed by atoms with Crippen LogP contribution < -0.4 is 0 Å². The van der Waals surface area contributed by atoms with Crippen LogP contribution in [0.3, 0.4) is 0 Å². The van der Waals surface area contributed by atoms with Crippen molar-refractivity contribution in [3.63, 3.8) is 0 Å². The molecule has 0 radical (unpaired) electrons. The van der Waals surface area contributed by atoms with Gasteiger partial charge in [-0.3, -0.25) is 4.79 Å². The van der Waals surface area contributed by atoms with Gasteiger partial charge in [-0.15, -0.1) is 22.7 Å². The molecule has 0 aliphatic heterocycles. The van der Waals surface area contributed by atoms with Gasteiger partial charge in [0.25, 0.3) is 0 Å². The highest BCUT2D eigenvalue weighted by Crippen LogP contribution is 2.40. The summed E-state index contributed by atoms with van der Waals surface area (Å²) in [4.78, 5) is 13.7. The molecule has 2 heterocycles. The number of hydrogen-bond donors (Lipinski definition) is 0. The summed E-state index contributed by atoms with van der Waals surface area (Å²) in [6, 6.07) is 11.0. The molecule has 0 unspecified atom stereocenters. The molecule has 0 fully saturated rings. The quantitative estimate of drug-likeness (QED) is 0.350. The van der Waals surface area contributed by atoms with Crippen LogP contribution in [0.1, 0.15) is 42.9 Å². The minimum absolute atomic E-state index is 0.101. The monoisotopic (exact) mass is 338 g/mol. The van der Waals surface area contributed by atoms with E-state index in [0.29, 0.717) is 0 Å². The summed E-state index contributed by atoms with van der Waals surface area (Å²) in [5, 5.41) is 6.76. The third-order valence-electron chi connectivity index (χ3n) is 4.28. The van der Waals surface area contributed by atoms with Gasteiger partial charge in [-0.1, -0.05) is 20.8 Å². The van der Waals surface area contributed by atoms with Gasteiger partial charge < -0.3 is 0 Å². The van der Waals surface area contributed by atoms with E-state index in [4.69, 9.17) is 0 Å². The van der Waals surface area contributed by atoms with E-state index in [1.165, 1.54) is 20.3 Å². The van der Waals surface area contributed by atoms with E-state index in [1.807, 2.05) is 0 Å². The third kappa shape index (κ3) is 2.30. The zero-order chi connectivity index (χ0) is 16.4. The van der Waals surface area contributed by atoms with Crippen LogP contribution in [0.4, 0.5) is 0 Å². The number of benzene rings is 2. The Balaban J connectivity index is 2.18. The van der Waals surface area contributed by atoms with E-state index >= 15 is 0 Å². The number of fused-ring (bicyclic) bond motifs is 3. The van der Waals surface area contributed by atoms with Crippen molar-refractivity contribution in [1.82, 2.24) is 0 Å². The first kappa shape index (κ1) is 14.9. The van der Waals surface area contributed by atoms with Crippen LogP contribution in [0, 0.1) is 0 Å². The summed E-state index contributed by atoms with van der Waals surface area (Å²) < 4.78 is 2.40. The van der Waals surface area contributed by atoms with Gasteiger partial charge in [-0.2, -0.15) is 0 Å². The highest BCUT2D eigenvalue weighted by Gasteiger charge is 2.21. The van der Waals surface area contributed by atoms with E-state index in [2.05, 4.69) is 56.5 Å². The summed E-state index contributed by atoms with van der Waals surface area (Å²) >= 11 is 3.51. The van der Waals surface area contributed by atoms with E-state index in [9.17, 15) is 4.79 Å². The average Bonchev–Trinajstić information content (AvgIpc) is 3.06. The fourth-order valence-corrected chi connectivity index (χ4v) is 5.20. The predicted octanol–water partition coefficient (Wildman–Crippen LogP) is 6.77. The van der Waals surface area contributed by atoms with E-state index in [-0.39, 0.29) is 11.2 Å². The van der Waals surface area contributed by atoms with Crippen molar-refractivity contribution < 1.29 is 4.79 Å². The van der Waals surface area contributed by atoms with E-state index in [1.54, 1.807) is 29.6 Å². The standard InChI is InChI=1S/C20H18OS2/c1-11(21)18-15-8-12-5-6-22-16(12)9-13(15)7-14-10-17(20(2,3)4)23-19(14)18/h5-10H,1-4H3. The summed E-state index contributed by atoms with van der Waals surface area (Å²) in [6.07, 6.45) is 0. The lowest BCUT2D eigenvalue weighted by Gasteiger charge is -2.15. The Hall–Kier alpha value is -1.71.